The molecule has 0 unspecified atom stereocenters. The molecule has 1 aromatic heterocycles. The van der Waals surface area contributed by atoms with Gasteiger partial charge in [-0.05, 0) is 13.8 Å². The lowest BCUT2D eigenvalue weighted by atomic mass is 10.2. The molecule has 6 nitrogen and oxygen atoms in total. The normalized spacial score (nSPS) is 23.3. The molecule has 0 saturated carbocycles. The molecular weight excluding hydrogens is 254 g/mol. The Morgan fingerprint density at radius 1 is 1.35 bits per heavy atom. The van der Waals surface area contributed by atoms with Gasteiger partial charge in [0.1, 0.15) is 6.07 Å². The van der Waals surface area contributed by atoms with Crippen LogP contribution in [0.3, 0.4) is 0 Å². The number of anilines is 1. The molecular formula is C14H21N5O. The molecule has 2 heterocycles. The molecule has 2 rings (SSSR count). The fourth-order valence-corrected chi connectivity index (χ4v) is 2.55. The number of nitriles is 1. The predicted molar refractivity (Wildman–Crippen MR) is 76.5 cm³/mol. The van der Waals surface area contributed by atoms with Gasteiger partial charge < -0.3 is 9.64 Å². The molecule has 6 heteroatoms. The van der Waals surface area contributed by atoms with Crippen LogP contribution in [0.15, 0.2) is 12.4 Å². The Labute approximate surface area is 120 Å². The zero-order valence-electron chi connectivity index (χ0n) is 12.3. The van der Waals surface area contributed by atoms with Gasteiger partial charge in [0.2, 0.25) is 0 Å². The van der Waals surface area contributed by atoms with Gasteiger partial charge >= 0.3 is 0 Å². The maximum atomic E-state index is 9.05. The molecule has 2 atom stereocenters. The first-order valence-corrected chi connectivity index (χ1v) is 6.90. The minimum absolute atomic E-state index is 0.273. The summed E-state index contributed by atoms with van der Waals surface area (Å²) in [6.45, 7) is 7.84. The highest BCUT2D eigenvalue weighted by atomic mass is 16.5. The van der Waals surface area contributed by atoms with Crippen molar-refractivity contribution in [3.8, 4) is 6.07 Å². The van der Waals surface area contributed by atoms with Crippen LogP contribution >= 0.6 is 0 Å². The summed E-state index contributed by atoms with van der Waals surface area (Å²) in [5.41, 5.74) is 0.374. The van der Waals surface area contributed by atoms with E-state index in [0.29, 0.717) is 11.5 Å². The van der Waals surface area contributed by atoms with Gasteiger partial charge in [-0.3, -0.25) is 4.90 Å². The van der Waals surface area contributed by atoms with Gasteiger partial charge in [0.15, 0.2) is 11.5 Å². The van der Waals surface area contributed by atoms with Crippen LogP contribution in [-0.2, 0) is 4.74 Å². The Morgan fingerprint density at radius 2 is 2.00 bits per heavy atom. The van der Waals surface area contributed by atoms with Crippen LogP contribution in [0, 0.1) is 11.3 Å². The standard InChI is InChI=1S/C14H21N5O/c1-11-9-19(10-12(2)20-11)7-6-18(3)14-13(8-15)16-4-5-17-14/h4-5,11-12H,6-7,9-10H2,1-3H3/t11-,12+. The minimum atomic E-state index is 0.273. The summed E-state index contributed by atoms with van der Waals surface area (Å²) in [7, 11) is 1.94. The molecule has 1 saturated heterocycles. The van der Waals surface area contributed by atoms with E-state index >= 15 is 0 Å². The lowest BCUT2D eigenvalue weighted by Gasteiger charge is -2.36. The highest BCUT2D eigenvalue weighted by Crippen LogP contribution is 2.13. The van der Waals surface area contributed by atoms with Crippen LogP contribution in [0.5, 0.6) is 0 Å². The third-order valence-corrected chi connectivity index (χ3v) is 3.39. The van der Waals surface area contributed by atoms with Crippen molar-refractivity contribution in [1.29, 1.82) is 5.26 Å². The van der Waals surface area contributed by atoms with Crippen LogP contribution in [0.1, 0.15) is 19.5 Å². The van der Waals surface area contributed by atoms with Gasteiger partial charge in [-0.1, -0.05) is 0 Å². The van der Waals surface area contributed by atoms with Crippen LogP contribution < -0.4 is 4.90 Å². The molecule has 108 valence electrons. The van der Waals surface area contributed by atoms with E-state index in [0.717, 1.165) is 26.2 Å². The number of hydrogen-bond donors (Lipinski definition) is 0. The molecule has 1 aliphatic rings. The number of nitrogens with zero attached hydrogens (tertiary/aromatic N) is 5. The molecule has 0 N–H and O–H groups in total. The van der Waals surface area contributed by atoms with Crippen molar-refractivity contribution < 1.29 is 4.74 Å². The molecule has 0 spiro atoms. The van der Waals surface area contributed by atoms with Gasteiger partial charge in [-0.2, -0.15) is 5.26 Å². The number of rotatable bonds is 4. The Bertz CT molecular complexity index is 477. The Kier molecular flexibility index (Phi) is 4.88. The van der Waals surface area contributed by atoms with E-state index in [9.17, 15) is 0 Å². The summed E-state index contributed by atoms with van der Waals surface area (Å²) in [4.78, 5) is 12.6. The maximum absolute atomic E-state index is 9.05. The SMILES string of the molecule is C[C@@H]1CN(CCN(C)c2nccnc2C#N)C[C@H](C)O1. The fourth-order valence-electron chi connectivity index (χ4n) is 2.55. The van der Waals surface area contributed by atoms with Crippen molar-refractivity contribution >= 4 is 5.82 Å². The number of aromatic nitrogens is 2. The number of hydrogen-bond acceptors (Lipinski definition) is 6. The van der Waals surface area contributed by atoms with Crippen molar-refractivity contribution in [1.82, 2.24) is 14.9 Å². The Balaban J connectivity index is 1.92. The first-order valence-electron chi connectivity index (χ1n) is 6.90. The highest BCUT2D eigenvalue weighted by Gasteiger charge is 2.22. The second-order valence-corrected chi connectivity index (χ2v) is 5.28. The summed E-state index contributed by atoms with van der Waals surface area (Å²) in [6.07, 6.45) is 3.71. The molecule has 0 amide bonds. The second kappa shape index (κ2) is 6.64. The van der Waals surface area contributed by atoms with Crippen LogP contribution in [0.4, 0.5) is 5.82 Å². The molecule has 1 aliphatic heterocycles. The third kappa shape index (κ3) is 3.65. The topological polar surface area (TPSA) is 65.3 Å². The van der Waals surface area contributed by atoms with Crippen molar-refractivity contribution in [2.75, 3.05) is 38.1 Å². The lowest BCUT2D eigenvalue weighted by Crippen LogP contribution is -2.47. The third-order valence-electron chi connectivity index (χ3n) is 3.39. The van der Waals surface area contributed by atoms with E-state index in [2.05, 4.69) is 34.8 Å². The molecule has 1 fully saturated rings. The number of likely N-dealkylation sites (N-methyl/N-ethyl adjacent to an activating group) is 1. The number of ether oxygens (including phenoxy) is 1. The molecule has 20 heavy (non-hydrogen) atoms. The van der Waals surface area contributed by atoms with E-state index in [-0.39, 0.29) is 12.2 Å². The molecule has 0 radical (unpaired) electrons. The van der Waals surface area contributed by atoms with Gasteiger partial charge in [-0.25, -0.2) is 9.97 Å². The summed E-state index contributed by atoms with van der Waals surface area (Å²) in [6, 6.07) is 2.08. The van der Waals surface area contributed by atoms with E-state index in [1.54, 1.807) is 12.4 Å². The lowest BCUT2D eigenvalue weighted by molar-refractivity contribution is -0.0670. The molecule has 0 bridgehead atoms. The summed E-state index contributed by atoms with van der Waals surface area (Å²) >= 11 is 0. The first-order chi connectivity index (χ1) is 9.60. The van der Waals surface area contributed by atoms with Gasteiger partial charge in [0, 0.05) is 45.6 Å². The smallest absolute Gasteiger partial charge is 0.183 e. The average Bonchev–Trinajstić information content (AvgIpc) is 2.43. The fraction of sp³-hybridized carbons (Fsp3) is 0.643. The predicted octanol–water partition coefficient (Wildman–Crippen LogP) is 0.894. The van der Waals surface area contributed by atoms with Crippen molar-refractivity contribution in [3.63, 3.8) is 0 Å². The van der Waals surface area contributed by atoms with E-state index < -0.39 is 0 Å². The largest absolute Gasteiger partial charge is 0.373 e. The van der Waals surface area contributed by atoms with Gasteiger partial charge in [-0.15, -0.1) is 0 Å². The highest BCUT2D eigenvalue weighted by molar-refractivity contribution is 5.48. The summed E-state index contributed by atoms with van der Waals surface area (Å²) < 4.78 is 5.72. The zero-order valence-corrected chi connectivity index (χ0v) is 12.3. The molecule has 0 aliphatic carbocycles. The summed E-state index contributed by atoms with van der Waals surface area (Å²) in [5.74, 6) is 0.643. The second-order valence-electron chi connectivity index (χ2n) is 5.28. The summed E-state index contributed by atoms with van der Waals surface area (Å²) in [5, 5.41) is 9.05. The minimum Gasteiger partial charge on any atom is -0.373 e. The van der Waals surface area contributed by atoms with E-state index in [4.69, 9.17) is 10.00 Å². The molecule has 1 aromatic rings. The number of morpholine rings is 1. The van der Waals surface area contributed by atoms with Crippen LogP contribution in [0.25, 0.3) is 0 Å². The average molecular weight is 275 g/mol. The van der Waals surface area contributed by atoms with Gasteiger partial charge in [0.05, 0.1) is 12.2 Å². The van der Waals surface area contributed by atoms with Crippen LogP contribution in [-0.4, -0.2) is 60.3 Å². The van der Waals surface area contributed by atoms with E-state index in [1.165, 1.54) is 0 Å². The quantitative estimate of drug-likeness (QED) is 0.813. The van der Waals surface area contributed by atoms with Crippen molar-refractivity contribution in [2.24, 2.45) is 0 Å². The zero-order chi connectivity index (χ0) is 14.5. The Morgan fingerprint density at radius 3 is 2.65 bits per heavy atom. The van der Waals surface area contributed by atoms with Crippen LogP contribution in [0.2, 0.25) is 0 Å². The Hall–Kier alpha value is -1.71. The molecule has 0 aromatic carbocycles. The first kappa shape index (κ1) is 14.7. The van der Waals surface area contributed by atoms with Crippen molar-refractivity contribution in [2.45, 2.75) is 26.1 Å². The van der Waals surface area contributed by atoms with Gasteiger partial charge in [0.25, 0.3) is 0 Å². The van der Waals surface area contributed by atoms with E-state index in [1.807, 2.05) is 11.9 Å². The monoisotopic (exact) mass is 275 g/mol. The maximum Gasteiger partial charge on any atom is 0.183 e. The van der Waals surface area contributed by atoms with Crippen molar-refractivity contribution in [3.05, 3.63) is 18.1 Å².